The Labute approximate surface area is 48.8 Å². The predicted octanol–water partition coefficient (Wildman–Crippen LogP) is 0.514. The number of allylic oxidation sites excluding steroid dienone is 1. The van der Waals surface area contributed by atoms with Crippen LogP contribution in [0.15, 0.2) is 11.6 Å². The Morgan fingerprint density at radius 2 is 2.38 bits per heavy atom. The number of hydrogen-bond donors (Lipinski definition) is 1. The summed E-state index contributed by atoms with van der Waals surface area (Å²) >= 11 is 0. The van der Waals surface area contributed by atoms with E-state index in [1.165, 1.54) is 0 Å². The molecule has 0 saturated carbocycles. The van der Waals surface area contributed by atoms with Crippen molar-refractivity contribution in [3.63, 3.8) is 0 Å². The molecule has 0 unspecified atom stereocenters. The number of carbonyl (C=O) groups is 1. The van der Waals surface area contributed by atoms with Crippen molar-refractivity contribution in [2.75, 3.05) is 6.61 Å². The lowest BCUT2D eigenvalue weighted by Gasteiger charge is -1.87. The highest BCUT2D eigenvalue weighted by molar-refractivity contribution is 5.73. The highest BCUT2D eigenvalue weighted by Crippen LogP contribution is 1.88. The highest BCUT2D eigenvalue weighted by Gasteiger charge is 1.86. The topological polar surface area (TPSA) is 37.3 Å². The van der Waals surface area contributed by atoms with Gasteiger partial charge in [0.2, 0.25) is 0 Å². The van der Waals surface area contributed by atoms with Crippen LogP contribution in [0.4, 0.5) is 0 Å². The summed E-state index contributed by atoms with van der Waals surface area (Å²) in [7, 11) is 0. The van der Waals surface area contributed by atoms with Crippen LogP contribution in [-0.2, 0) is 4.79 Å². The molecule has 0 spiro atoms. The molecule has 0 rings (SSSR count). The zero-order chi connectivity index (χ0) is 6.41. The second-order valence-electron chi connectivity index (χ2n) is 1.46. The third-order valence-corrected chi connectivity index (χ3v) is 0.800. The van der Waals surface area contributed by atoms with E-state index in [1.807, 2.05) is 6.92 Å². The molecule has 0 amide bonds. The van der Waals surface area contributed by atoms with Gasteiger partial charge in [-0.15, -0.1) is 0 Å². The van der Waals surface area contributed by atoms with Gasteiger partial charge in [-0.3, -0.25) is 4.79 Å². The molecule has 1 N–H and O–H groups in total. The van der Waals surface area contributed by atoms with Gasteiger partial charge in [-0.05, 0) is 6.42 Å². The third-order valence-electron chi connectivity index (χ3n) is 0.800. The van der Waals surface area contributed by atoms with Crippen LogP contribution in [0, 0.1) is 0 Å². The fourth-order valence-electron chi connectivity index (χ4n) is 0.412. The van der Waals surface area contributed by atoms with Crippen LogP contribution >= 0.6 is 0 Å². The fraction of sp³-hybridized carbons (Fsp3) is 0.500. The smallest absolute Gasteiger partial charge is 0.148 e. The van der Waals surface area contributed by atoms with Crippen molar-refractivity contribution >= 4 is 6.29 Å². The summed E-state index contributed by atoms with van der Waals surface area (Å²) < 4.78 is 0. The first-order chi connectivity index (χ1) is 3.85. The molecule has 0 aliphatic carbocycles. The lowest BCUT2D eigenvalue weighted by atomic mass is 10.2. The molecular formula is C6H10O2. The van der Waals surface area contributed by atoms with Crippen molar-refractivity contribution in [2.24, 2.45) is 0 Å². The predicted molar refractivity (Wildman–Crippen MR) is 31.5 cm³/mol. The van der Waals surface area contributed by atoms with Crippen molar-refractivity contribution < 1.29 is 9.90 Å². The number of aliphatic hydroxyl groups excluding tert-OH is 1. The van der Waals surface area contributed by atoms with Crippen LogP contribution in [0.25, 0.3) is 0 Å². The Bertz CT molecular complexity index is 94.7. The number of aldehydes is 1. The van der Waals surface area contributed by atoms with E-state index in [4.69, 9.17) is 5.11 Å². The average Bonchev–Trinajstić information content (AvgIpc) is 1.83. The third kappa shape index (κ3) is 2.53. The standard InChI is InChI=1S/C6H10O2/c1-2-3-6(4-7)5-8/h3-4,8H,2,5H2,1H3. The molecule has 2 heteroatoms. The Morgan fingerprint density at radius 3 is 2.50 bits per heavy atom. The fourth-order valence-corrected chi connectivity index (χ4v) is 0.412. The van der Waals surface area contributed by atoms with Gasteiger partial charge in [0.1, 0.15) is 6.29 Å². The summed E-state index contributed by atoms with van der Waals surface area (Å²) in [6.07, 6.45) is 3.17. The minimum atomic E-state index is -0.142. The first kappa shape index (κ1) is 7.37. The molecule has 0 aromatic heterocycles. The Morgan fingerprint density at radius 1 is 1.75 bits per heavy atom. The summed E-state index contributed by atoms with van der Waals surface area (Å²) in [6.45, 7) is 1.77. The molecule has 8 heavy (non-hydrogen) atoms. The number of carbonyl (C=O) groups excluding carboxylic acids is 1. The number of hydrogen-bond acceptors (Lipinski definition) is 2. The van der Waals surface area contributed by atoms with E-state index in [0.717, 1.165) is 6.42 Å². The van der Waals surface area contributed by atoms with E-state index in [9.17, 15) is 4.79 Å². The molecule has 0 aliphatic rings. The maximum Gasteiger partial charge on any atom is 0.148 e. The molecule has 0 fully saturated rings. The largest absolute Gasteiger partial charge is 0.392 e. The molecule has 0 radical (unpaired) electrons. The SMILES string of the molecule is CCC=C(C=O)CO. The second kappa shape index (κ2) is 4.53. The van der Waals surface area contributed by atoms with Crippen molar-refractivity contribution in [1.82, 2.24) is 0 Å². The molecule has 0 aromatic carbocycles. The second-order valence-corrected chi connectivity index (χ2v) is 1.46. The summed E-state index contributed by atoms with van der Waals surface area (Å²) in [5.74, 6) is 0. The molecule has 0 atom stereocenters. The average molecular weight is 114 g/mol. The first-order valence-electron chi connectivity index (χ1n) is 2.60. The number of aliphatic hydroxyl groups is 1. The van der Waals surface area contributed by atoms with Crippen LogP contribution in [0.1, 0.15) is 13.3 Å². The lowest BCUT2D eigenvalue weighted by molar-refractivity contribution is -0.105. The van der Waals surface area contributed by atoms with Gasteiger partial charge in [-0.1, -0.05) is 13.0 Å². The molecule has 0 bridgehead atoms. The molecule has 0 heterocycles. The molecule has 0 aliphatic heterocycles. The van der Waals surface area contributed by atoms with Gasteiger partial charge in [0, 0.05) is 5.57 Å². The molecule has 0 saturated heterocycles. The van der Waals surface area contributed by atoms with E-state index in [2.05, 4.69) is 0 Å². The summed E-state index contributed by atoms with van der Waals surface area (Å²) in [5.41, 5.74) is 0.465. The monoisotopic (exact) mass is 114 g/mol. The lowest BCUT2D eigenvalue weighted by Crippen LogP contribution is -1.89. The van der Waals surface area contributed by atoms with Gasteiger partial charge < -0.3 is 5.11 Å². The van der Waals surface area contributed by atoms with Crippen molar-refractivity contribution in [2.45, 2.75) is 13.3 Å². The van der Waals surface area contributed by atoms with Crippen molar-refractivity contribution in [1.29, 1.82) is 0 Å². The van der Waals surface area contributed by atoms with Gasteiger partial charge in [0.15, 0.2) is 0 Å². The van der Waals surface area contributed by atoms with E-state index in [1.54, 1.807) is 6.08 Å². The van der Waals surface area contributed by atoms with Gasteiger partial charge in [-0.25, -0.2) is 0 Å². The summed E-state index contributed by atoms with van der Waals surface area (Å²) in [6, 6.07) is 0. The molecule has 0 aromatic rings. The zero-order valence-corrected chi connectivity index (χ0v) is 4.92. The Kier molecular flexibility index (Phi) is 4.17. The van der Waals surface area contributed by atoms with Crippen LogP contribution in [0.2, 0.25) is 0 Å². The summed E-state index contributed by atoms with van der Waals surface area (Å²) in [5, 5.41) is 8.36. The Balaban J connectivity index is 3.66. The van der Waals surface area contributed by atoms with E-state index >= 15 is 0 Å². The van der Waals surface area contributed by atoms with Crippen LogP contribution in [0.3, 0.4) is 0 Å². The quantitative estimate of drug-likeness (QED) is 0.429. The van der Waals surface area contributed by atoms with Crippen molar-refractivity contribution in [3.05, 3.63) is 11.6 Å². The van der Waals surface area contributed by atoms with Crippen molar-refractivity contribution in [3.8, 4) is 0 Å². The molecule has 2 nitrogen and oxygen atoms in total. The van der Waals surface area contributed by atoms with Gasteiger partial charge in [-0.2, -0.15) is 0 Å². The normalized spacial score (nSPS) is 11.5. The molecular weight excluding hydrogens is 104 g/mol. The van der Waals surface area contributed by atoms with E-state index in [0.29, 0.717) is 11.9 Å². The minimum Gasteiger partial charge on any atom is -0.392 e. The van der Waals surface area contributed by atoms with Crippen LogP contribution in [-0.4, -0.2) is 18.0 Å². The van der Waals surface area contributed by atoms with Gasteiger partial charge in [0.25, 0.3) is 0 Å². The summed E-state index contributed by atoms with van der Waals surface area (Å²) in [4.78, 5) is 9.90. The maximum atomic E-state index is 9.90. The van der Waals surface area contributed by atoms with Crippen LogP contribution < -0.4 is 0 Å². The van der Waals surface area contributed by atoms with E-state index in [-0.39, 0.29) is 6.61 Å². The van der Waals surface area contributed by atoms with Gasteiger partial charge in [0.05, 0.1) is 6.61 Å². The highest BCUT2D eigenvalue weighted by atomic mass is 16.3. The maximum absolute atomic E-state index is 9.90. The number of rotatable bonds is 3. The van der Waals surface area contributed by atoms with Crippen LogP contribution in [0.5, 0.6) is 0 Å². The Hall–Kier alpha value is -0.630. The minimum absolute atomic E-state index is 0.142. The van der Waals surface area contributed by atoms with Gasteiger partial charge >= 0.3 is 0 Å². The van der Waals surface area contributed by atoms with E-state index < -0.39 is 0 Å². The zero-order valence-electron chi connectivity index (χ0n) is 4.92. The first-order valence-corrected chi connectivity index (χ1v) is 2.60. The molecule has 46 valence electrons.